The molecule has 0 aromatic heterocycles. The molecule has 514 valence electrons. The van der Waals surface area contributed by atoms with Crippen LogP contribution in [0.4, 0.5) is 0 Å². The first-order valence-electron chi connectivity index (χ1n) is 31.9. The van der Waals surface area contributed by atoms with Gasteiger partial charge in [0.05, 0.1) is 46.2 Å². The quantitative estimate of drug-likeness (QED) is 0.0421. The van der Waals surface area contributed by atoms with E-state index in [-0.39, 0.29) is 59.8 Å². The molecular weight excluding hydrogens is 1200 g/mol. The number of ether oxygens (including phenoxy) is 11. The standard InChI is InChI=1S/C64H96O27/c1-59(2)20-21-64(30(23-59)29-12-14-37-61(5)18-17-39(87-56-49(78)45(74)46(75)51(90-56)53(79)82-9)60(3,4)36(61)16-19-62(37,6)63(29,7)24-38(64)68)58(80)91-57-52(50(31(67)27-83-57)89-55-48(77)44(73)42(71)35(26-66)86-55)88-40(69)15-11-28-10-13-32(33(22-28)81-8)84-54-47(76)43(72)41(70)34(25-65)85-54/h10,12-13,22,30-31,34-39,41-52,54-57,65-68,70-78H,11,14-21,23-27H2,1-9H3/t30-,31+,34+,35+,36-,37+,38+,39-,41+,42+,43-,44-,45-,46-,47+,48+,49+,50+,51-,52-,54+,55-,56+,57-,61-,62+,63+,64+/m0/s1. The number of carbonyl (C=O) groups is 3. The van der Waals surface area contributed by atoms with Crippen LogP contribution in [0.15, 0.2) is 29.8 Å². The lowest BCUT2D eigenvalue weighted by Crippen LogP contribution is -2.68. The molecule has 0 radical (unpaired) electrons. The lowest BCUT2D eigenvalue weighted by Gasteiger charge is -2.71. The Morgan fingerprint density at radius 3 is 1.89 bits per heavy atom. The number of aliphatic hydroxyl groups excluding tert-OH is 13. The van der Waals surface area contributed by atoms with Gasteiger partial charge in [0.15, 0.2) is 36.3 Å². The fourth-order valence-electron chi connectivity index (χ4n) is 17.8. The highest BCUT2D eigenvalue weighted by molar-refractivity contribution is 5.80. The highest BCUT2D eigenvalue weighted by Crippen LogP contribution is 2.76. The Morgan fingerprint density at radius 2 is 1.25 bits per heavy atom. The molecule has 1 aromatic carbocycles. The average Bonchev–Trinajstić information content (AvgIpc) is 0.673. The molecule has 13 N–H and O–H groups in total. The molecule has 9 aliphatic rings. The number of allylic oxidation sites excluding steroid dienone is 2. The molecule has 4 aliphatic heterocycles. The highest BCUT2D eigenvalue weighted by Gasteiger charge is 2.72. The first-order chi connectivity index (χ1) is 42.8. The maximum atomic E-state index is 15.8. The summed E-state index contributed by atoms with van der Waals surface area (Å²) in [5.74, 6) is -2.97. The predicted molar refractivity (Wildman–Crippen MR) is 310 cm³/mol. The van der Waals surface area contributed by atoms with Gasteiger partial charge < -0.3 is 118 Å². The third kappa shape index (κ3) is 12.2. The van der Waals surface area contributed by atoms with E-state index in [1.54, 1.807) is 6.07 Å². The smallest absolute Gasteiger partial charge is 0.337 e. The fraction of sp³-hybridized carbons (Fsp3) is 0.828. The number of fused-ring (bicyclic) bond motifs is 7. The predicted octanol–water partition coefficient (Wildman–Crippen LogP) is -0.698. The number of rotatable bonds is 16. The molecule has 8 fully saturated rings. The molecule has 10 rings (SSSR count). The molecule has 0 bridgehead atoms. The van der Waals surface area contributed by atoms with Crippen molar-refractivity contribution in [3.05, 3.63) is 35.4 Å². The van der Waals surface area contributed by atoms with Crippen molar-refractivity contribution in [3.63, 3.8) is 0 Å². The van der Waals surface area contributed by atoms with Crippen molar-refractivity contribution in [3.8, 4) is 11.5 Å². The van der Waals surface area contributed by atoms with Gasteiger partial charge in [0.2, 0.25) is 12.6 Å². The topological polar surface area (TPSA) is 416 Å². The third-order valence-electron chi connectivity index (χ3n) is 23.3. The van der Waals surface area contributed by atoms with Gasteiger partial charge in [0.1, 0.15) is 84.8 Å². The van der Waals surface area contributed by atoms with Crippen molar-refractivity contribution in [1.82, 2.24) is 0 Å². The van der Waals surface area contributed by atoms with Gasteiger partial charge in [-0.3, -0.25) is 9.59 Å². The molecule has 91 heavy (non-hydrogen) atoms. The summed E-state index contributed by atoms with van der Waals surface area (Å²) in [5.41, 5.74) is -2.25. The van der Waals surface area contributed by atoms with Crippen molar-refractivity contribution in [2.24, 2.45) is 50.2 Å². The van der Waals surface area contributed by atoms with Crippen molar-refractivity contribution >= 4 is 17.9 Å². The number of benzene rings is 1. The lowest BCUT2D eigenvalue weighted by atomic mass is 9.33. The van der Waals surface area contributed by atoms with Crippen LogP contribution >= 0.6 is 0 Å². The summed E-state index contributed by atoms with van der Waals surface area (Å²) < 4.78 is 64.4. The first-order valence-corrected chi connectivity index (χ1v) is 31.9. The van der Waals surface area contributed by atoms with Crippen LogP contribution in [0.1, 0.15) is 118 Å². The number of esters is 3. The second kappa shape index (κ2) is 26.3. The second-order valence-corrected chi connectivity index (χ2v) is 29.1. The number of hydrogen-bond acceptors (Lipinski definition) is 27. The molecule has 4 saturated carbocycles. The minimum absolute atomic E-state index is 0.0273. The Kier molecular flexibility index (Phi) is 20.3. The molecule has 27 nitrogen and oxygen atoms in total. The Hall–Kier alpha value is -3.79. The Bertz CT molecular complexity index is 2800. The van der Waals surface area contributed by atoms with Crippen molar-refractivity contribution in [1.29, 1.82) is 0 Å². The summed E-state index contributed by atoms with van der Waals surface area (Å²) in [5, 5.41) is 141. The van der Waals surface area contributed by atoms with E-state index >= 15 is 4.79 Å². The van der Waals surface area contributed by atoms with E-state index in [1.165, 1.54) is 19.2 Å². The lowest BCUT2D eigenvalue weighted by molar-refractivity contribution is -0.347. The van der Waals surface area contributed by atoms with Crippen molar-refractivity contribution in [2.75, 3.05) is 34.0 Å². The summed E-state index contributed by atoms with van der Waals surface area (Å²) in [6.07, 6.45) is -27.0. The minimum atomic E-state index is -1.96. The molecular formula is C64H96O27. The van der Waals surface area contributed by atoms with E-state index in [9.17, 15) is 76.0 Å². The second-order valence-electron chi connectivity index (χ2n) is 29.1. The van der Waals surface area contributed by atoms with E-state index in [2.05, 4.69) is 54.5 Å². The Labute approximate surface area is 528 Å². The van der Waals surface area contributed by atoms with Gasteiger partial charge >= 0.3 is 17.9 Å². The summed E-state index contributed by atoms with van der Waals surface area (Å²) in [6.45, 7) is 13.3. The number of methoxy groups -OCH3 is 2. The minimum Gasteiger partial charge on any atom is -0.493 e. The van der Waals surface area contributed by atoms with Crippen LogP contribution in [0.2, 0.25) is 0 Å². The van der Waals surface area contributed by atoms with Crippen molar-refractivity contribution < 1.29 is 133 Å². The molecule has 0 unspecified atom stereocenters. The maximum absolute atomic E-state index is 15.8. The van der Waals surface area contributed by atoms with Gasteiger partial charge in [-0.1, -0.05) is 66.2 Å². The summed E-state index contributed by atoms with van der Waals surface area (Å²) in [6, 6.07) is 4.52. The normalized spacial score (nSPS) is 46.8. The zero-order chi connectivity index (χ0) is 66.4. The Balaban J connectivity index is 0.904. The number of aryl methyl sites for hydroxylation is 1. The van der Waals surface area contributed by atoms with E-state index in [0.717, 1.165) is 25.5 Å². The fourth-order valence-corrected chi connectivity index (χ4v) is 17.8. The van der Waals surface area contributed by atoms with Gasteiger partial charge in [-0.2, -0.15) is 0 Å². The van der Waals surface area contributed by atoms with E-state index < -0.39 is 194 Å². The molecule has 5 aliphatic carbocycles. The molecule has 28 atom stereocenters. The average molecular weight is 1300 g/mol. The number of hydrogen-bond donors (Lipinski definition) is 13. The largest absolute Gasteiger partial charge is 0.493 e. The molecule has 4 saturated heterocycles. The van der Waals surface area contributed by atoms with E-state index in [0.29, 0.717) is 37.7 Å². The van der Waals surface area contributed by atoms with Crippen LogP contribution in [0.5, 0.6) is 11.5 Å². The zero-order valence-corrected chi connectivity index (χ0v) is 53.1. The molecule has 0 amide bonds. The summed E-state index contributed by atoms with van der Waals surface area (Å²) in [4.78, 5) is 42.6. The van der Waals surface area contributed by atoms with Crippen LogP contribution in [0.25, 0.3) is 0 Å². The van der Waals surface area contributed by atoms with Crippen LogP contribution in [0, 0.1) is 50.2 Å². The van der Waals surface area contributed by atoms with E-state index in [1.807, 2.05) is 0 Å². The third-order valence-corrected chi connectivity index (χ3v) is 23.3. The van der Waals surface area contributed by atoms with E-state index in [4.69, 9.17) is 52.1 Å². The summed E-state index contributed by atoms with van der Waals surface area (Å²) >= 11 is 0. The molecule has 4 heterocycles. The Morgan fingerprint density at radius 1 is 0.626 bits per heavy atom. The zero-order valence-electron chi connectivity index (χ0n) is 53.1. The SMILES string of the molecule is COC(=O)[C@H]1O[C@@H](O[C@H]2CC[C@]3(C)[C@H]4CC=C5[C@@H]6CC(C)(C)CC[C@]6(C(=O)O[C@@H]6OC[C@@H](O)[C@@H](O[C@@H]7O[C@H](CO)[C@@H](O)[C@H](O)[C@H]7O)[C@@H]6OC(=O)CCc6ccc(O[C@@H]7O[C@H](CO)[C@@H](O)[C@H](O)[C@H]7O)c(OC)c6)[C@H](O)C[C@@]5(C)[C@]4(C)CC[C@H]3C2(C)C)[C@H](O)[C@@H](O)[C@@H]1O. The van der Waals surface area contributed by atoms with Gasteiger partial charge in [-0.25, -0.2) is 4.79 Å². The molecule has 1 aromatic rings. The molecule has 0 spiro atoms. The maximum Gasteiger partial charge on any atom is 0.337 e. The van der Waals surface area contributed by atoms with Crippen molar-refractivity contribution in [2.45, 2.75) is 248 Å². The summed E-state index contributed by atoms with van der Waals surface area (Å²) in [7, 11) is 2.46. The van der Waals surface area contributed by atoms with Crippen LogP contribution in [0.3, 0.4) is 0 Å². The van der Waals surface area contributed by atoms with Gasteiger partial charge in [0.25, 0.3) is 0 Å². The number of aliphatic hydroxyl groups is 13. The number of carbonyl (C=O) groups excluding carboxylic acids is 3. The van der Waals surface area contributed by atoms with Gasteiger partial charge in [-0.05, 0) is 127 Å². The van der Waals surface area contributed by atoms with Gasteiger partial charge in [-0.15, -0.1) is 0 Å². The molecule has 27 heteroatoms. The van der Waals surface area contributed by atoms with Crippen LogP contribution in [-0.2, 0) is 63.4 Å². The van der Waals surface area contributed by atoms with Gasteiger partial charge in [0, 0.05) is 6.42 Å². The highest BCUT2D eigenvalue weighted by atomic mass is 16.8. The van der Waals surface area contributed by atoms with Crippen LogP contribution in [-0.4, -0.2) is 247 Å². The monoisotopic (exact) mass is 1300 g/mol. The first kappa shape index (κ1) is 70.0. The van der Waals surface area contributed by atoms with Crippen LogP contribution < -0.4 is 9.47 Å².